The molecule has 0 aliphatic heterocycles. The lowest BCUT2D eigenvalue weighted by molar-refractivity contribution is -0.118. The van der Waals surface area contributed by atoms with Gasteiger partial charge in [-0.25, -0.2) is 0 Å². The first-order chi connectivity index (χ1) is 12.7. The van der Waals surface area contributed by atoms with Gasteiger partial charge in [0.2, 0.25) is 0 Å². The fraction of sp³-hybridized carbons (Fsp3) is 0.238. The molecule has 1 heterocycles. The highest BCUT2D eigenvalue weighted by molar-refractivity contribution is 5.92. The minimum atomic E-state index is -0.269. The number of benzene rings is 2. The van der Waals surface area contributed by atoms with Crippen molar-refractivity contribution in [3.63, 3.8) is 0 Å². The van der Waals surface area contributed by atoms with Gasteiger partial charge < -0.3 is 14.5 Å². The summed E-state index contributed by atoms with van der Waals surface area (Å²) >= 11 is 0. The number of carbonyl (C=O) groups is 1. The van der Waals surface area contributed by atoms with Crippen LogP contribution in [0.5, 0.6) is 5.75 Å². The SMILES string of the molecule is N#Cc1cccc(NC(=O)COc2ccc3oc4c(c3c2)CCCC4)c1. The van der Waals surface area contributed by atoms with E-state index in [0.717, 1.165) is 29.6 Å². The fourth-order valence-electron chi connectivity index (χ4n) is 3.34. The molecule has 1 aliphatic carbocycles. The summed E-state index contributed by atoms with van der Waals surface area (Å²) in [6.07, 6.45) is 4.37. The van der Waals surface area contributed by atoms with E-state index in [2.05, 4.69) is 5.32 Å². The van der Waals surface area contributed by atoms with Crippen molar-refractivity contribution in [2.24, 2.45) is 0 Å². The van der Waals surface area contributed by atoms with Gasteiger partial charge in [0.15, 0.2) is 6.61 Å². The third-order valence-electron chi connectivity index (χ3n) is 4.57. The van der Waals surface area contributed by atoms with Gasteiger partial charge in [0.1, 0.15) is 17.1 Å². The van der Waals surface area contributed by atoms with E-state index in [1.807, 2.05) is 24.3 Å². The first-order valence-electron chi connectivity index (χ1n) is 8.70. The van der Waals surface area contributed by atoms with E-state index >= 15 is 0 Å². The molecule has 1 aliphatic rings. The number of nitriles is 1. The van der Waals surface area contributed by atoms with Crippen molar-refractivity contribution in [3.05, 3.63) is 59.4 Å². The largest absolute Gasteiger partial charge is 0.484 e. The highest BCUT2D eigenvalue weighted by atomic mass is 16.5. The van der Waals surface area contributed by atoms with Crippen LogP contribution in [0.4, 0.5) is 5.69 Å². The van der Waals surface area contributed by atoms with Gasteiger partial charge in [-0.1, -0.05) is 6.07 Å². The van der Waals surface area contributed by atoms with E-state index in [-0.39, 0.29) is 12.5 Å². The smallest absolute Gasteiger partial charge is 0.262 e. The number of carbonyl (C=O) groups excluding carboxylic acids is 1. The van der Waals surface area contributed by atoms with Crippen LogP contribution in [-0.4, -0.2) is 12.5 Å². The Morgan fingerprint density at radius 3 is 2.96 bits per heavy atom. The lowest BCUT2D eigenvalue weighted by Gasteiger charge is -2.09. The van der Waals surface area contributed by atoms with Crippen molar-refractivity contribution in [1.29, 1.82) is 5.26 Å². The Morgan fingerprint density at radius 2 is 2.08 bits per heavy atom. The van der Waals surface area contributed by atoms with E-state index in [9.17, 15) is 4.79 Å². The Morgan fingerprint density at radius 1 is 1.19 bits per heavy atom. The van der Waals surface area contributed by atoms with Gasteiger partial charge in [0.25, 0.3) is 5.91 Å². The molecule has 0 saturated heterocycles. The standard InChI is InChI=1S/C21H18N2O3/c22-12-14-4-3-5-15(10-14)23-21(24)13-25-16-8-9-20-18(11-16)17-6-1-2-7-19(17)26-20/h3-5,8-11H,1-2,6-7,13H2,(H,23,24). The molecule has 0 fully saturated rings. The number of nitrogens with zero attached hydrogens (tertiary/aromatic N) is 1. The molecule has 0 spiro atoms. The number of amides is 1. The summed E-state index contributed by atoms with van der Waals surface area (Å²) in [5.74, 6) is 1.46. The van der Waals surface area contributed by atoms with Gasteiger partial charge in [0.05, 0.1) is 11.6 Å². The third kappa shape index (κ3) is 3.27. The second-order valence-corrected chi connectivity index (χ2v) is 6.40. The van der Waals surface area contributed by atoms with Crippen molar-refractivity contribution in [1.82, 2.24) is 0 Å². The quantitative estimate of drug-likeness (QED) is 0.768. The molecule has 0 radical (unpaired) electrons. The van der Waals surface area contributed by atoms with Crippen molar-refractivity contribution in [2.75, 3.05) is 11.9 Å². The molecule has 4 rings (SSSR count). The molecule has 0 bridgehead atoms. The van der Waals surface area contributed by atoms with E-state index in [0.29, 0.717) is 17.0 Å². The Hall–Kier alpha value is -3.26. The summed E-state index contributed by atoms with van der Waals surface area (Å²) in [5, 5.41) is 12.7. The van der Waals surface area contributed by atoms with Gasteiger partial charge in [-0.3, -0.25) is 4.79 Å². The number of hydrogen-bond acceptors (Lipinski definition) is 4. The van der Waals surface area contributed by atoms with Crippen LogP contribution in [0, 0.1) is 11.3 Å². The molecule has 26 heavy (non-hydrogen) atoms. The van der Waals surface area contributed by atoms with Crippen LogP contribution in [-0.2, 0) is 17.6 Å². The van der Waals surface area contributed by atoms with E-state index in [1.165, 1.54) is 18.4 Å². The molecule has 5 heteroatoms. The normalized spacial score (nSPS) is 13.0. The maximum absolute atomic E-state index is 12.1. The summed E-state index contributed by atoms with van der Waals surface area (Å²) < 4.78 is 11.6. The van der Waals surface area contributed by atoms with Crippen molar-refractivity contribution in [2.45, 2.75) is 25.7 Å². The Bertz CT molecular complexity index is 1010. The Kier molecular flexibility index (Phi) is 4.32. The predicted octanol–water partition coefficient (Wildman–Crippen LogP) is 4.20. The number of nitrogens with one attached hydrogen (secondary N) is 1. The Labute approximate surface area is 151 Å². The van der Waals surface area contributed by atoms with Gasteiger partial charge in [-0.15, -0.1) is 0 Å². The molecule has 0 unspecified atom stereocenters. The minimum absolute atomic E-state index is 0.0949. The monoisotopic (exact) mass is 346 g/mol. The molecule has 1 amide bonds. The van der Waals surface area contributed by atoms with Gasteiger partial charge >= 0.3 is 0 Å². The highest BCUT2D eigenvalue weighted by Crippen LogP contribution is 2.33. The lowest BCUT2D eigenvalue weighted by Crippen LogP contribution is -2.20. The zero-order valence-corrected chi connectivity index (χ0v) is 14.2. The van der Waals surface area contributed by atoms with Crippen LogP contribution in [0.15, 0.2) is 46.9 Å². The summed E-state index contributed by atoms with van der Waals surface area (Å²) in [6.45, 7) is -0.0949. The predicted molar refractivity (Wildman–Crippen MR) is 98.1 cm³/mol. The summed E-state index contributed by atoms with van der Waals surface area (Å²) in [7, 11) is 0. The first-order valence-corrected chi connectivity index (χ1v) is 8.70. The minimum Gasteiger partial charge on any atom is -0.484 e. The maximum Gasteiger partial charge on any atom is 0.262 e. The van der Waals surface area contributed by atoms with Crippen LogP contribution in [0.1, 0.15) is 29.7 Å². The van der Waals surface area contributed by atoms with E-state index in [1.54, 1.807) is 24.3 Å². The number of fused-ring (bicyclic) bond motifs is 3. The van der Waals surface area contributed by atoms with Crippen LogP contribution in [0.2, 0.25) is 0 Å². The fourth-order valence-corrected chi connectivity index (χ4v) is 3.34. The molecule has 2 aromatic carbocycles. The van der Waals surface area contributed by atoms with Crippen molar-refractivity contribution < 1.29 is 13.9 Å². The Balaban J connectivity index is 1.44. The molecule has 0 atom stereocenters. The number of anilines is 1. The summed E-state index contributed by atoms with van der Waals surface area (Å²) in [6, 6.07) is 14.5. The average Bonchev–Trinajstić information content (AvgIpc) is 3.04. The molecule has 5 nitrogen and oxygen atoms in total. The topological polar surface area (TPSA) is 75.3 Å². The van der Waals surface area contributed by atoms with Gasteiger partial charge in [-0.2, -0.15) is 5.26 Å². The summed E-state index contributed by atoms with van der Waals surface area (Å²) in [4.78, 5) is 12.1. The summed E-state index contributed by atoms with van der Waals surface area (Å²) in [5.41, 5.74) is 3.23. The average molecular weight is 346 g/mol. The maximum atomic E-state index is 12.1. The van der Waals surface area contributed by atoms with Crippen LogP contribution in [0.3, 0.4) is 0 Å². The van der Waals surface area contributed by atoms with Crippen molar-refractivity contribution >= 4 is 22.6 Å². The number of ether oxygens (including phenoxy) is 1. The number of hydrogen-bond donors (Lipinski definition) is 1. The third-order valence-corrected chi connectivity index (χ3v) is 4.57. The van der Waals surface area contributed by atoms with Gasteiger partial charge in [0, 0.05) is 23.1 Å². The molecule has 1 N–H and O–H groups in total. The second kappa shape index (κ2) is 6.93. The molecular weight excluding hydrogens is 328 g/mol. The van der Waals surface area contributed by atoms with Crippen LogP contribution < -0.4 is 10.1 Å². The lowest BCUT2D eigenvalue weighted by atomic mass is 9.96. The molecule has 130 valence electrons. The number of aryl methyl sites for hydroxylation is 2. The van der Waals surface area contributed by atoms with Crippen molar-refractivity contribution in [3.8, 4) is 11.8 Å². The molecule has 3 aromatic rings. The van der Waals surface area contributed by atoms with E-state index in [4.69, 9.17) is 14.4 Å². The van der Waals surface area contributed by atoms with Gasteiger partial charge in [-0.05, 0) is 55.7 Å². The van der Waals surface area contributed by atoms with Crippen LogP contribution >= 0.6 is 0 Å². The number of furan rings is 1. The zero-order chi connectivity index (χ0) is 17.9. The van der Waals surface area contributed by atoms with E-state index < -0.39 is 0 Å². The number of rotatable bonds is 4. The molecule has 0 saturated carbocycles. The first kappa shape index (κ1) is 16.2. The molecule has 1 aromatic heterocycles. The zero-order valence-electron chi connectivity index (χ0n) is 14.2. The second-order valence-electron chi connectivity index (χ2n) is 6.40. The molecular formula is C21H18N2O3. The van der Waals surface area contributed by atoms with Crippen LogP contribution in [0.25, 0.3) is 11.0 Å². The highest BCUT2D eigenvalue weighted by Gasteiger charge is 2.18.